The molecule has 0 bridgehead atoms. The maximum absolute atomic E-state index is 11.5. The second kappa shape index (κ2) is 9.02. The SMILES string of the molecule is O=[N+]([O-])c1c(NCCCN2CCOCC2)ncnc1Nc1cccnc1. The minimum atomic E-state index is -0.483. The highest BCUT2D eigenvalue weighted by molar-refractivity contribution is 5.73. The van der Waals surface area contributed by atoms with Gasteiger partial charge in [0.25, 0.3) is 0 Å². The van der Waals surface area contributed by atoms with Crippen molar-refractivity contribution in [3.63, 3.8) is 0 Å². The summed E-state index contributed by atoms with van der Waals surface area (Å²) in [6.07, 6.45) is 5.35. The Hall–Kier alpha value is -2.85. The smallest absolute Gasteiger partial charge is 0.353 e. The van der Waals surface area contributed by atoms with E-state index < -0.39 is 4.92 Å². The standard InChI is InChI=1S/C16H21N7O3/c24-23(25)14-15(18-5-2-6-22-7-9-26-10-8-22)19-12-20-16(14)21-13-3-1-4-17-11-13/h1,3-4,11-12H,2,5-10H2,(H2,18,19,20,21). The van der Waals surface area contributed by atoms with Gasteiger partial charge in [0.2, 0.25) is 11.6 Å². The first-order chi connectivity index (χ1) is 12.7. The van der Waals surface area contributed by atoms with Crippen LogP contribution >= 0.6 is 0 Å². The Kier molecular flexibility index (Phi) is 6.23. The number of nitrogens with zero attached hydrogens (tertiary/aromatic N) is 5. The molecule has 2 aromatic heterocycles. The highest BCUT2D eigenvalue weighted by Gasteiger charge is 2.23. The molecule has 10 nitrogen and oxygen atoms in total. The number of rotatable bonds is 8. The fourth-order valence-corrected chi connectivity index (χ4v) is 2.68. The van der Waals surface area contributed by atoms with Crippen LogP contribution in [0.1, 0.15) is 6.42 Å². The van der Waals surface area contributed by atoms with Gasteiger partial charge in [0.1, 0.15) is 6.33 Å². The van der Waals surface area contributed by atoms with Crippen molar-refractivity contribution < 1.29 is 9.66 Å². The molecule has 1 saturated heterocycles. The molecule has 0 atom stereocenters. The molecule has 0 spiro atoms. The number of pyridine rings is 1. The zero-order valence-corrected chi connectivity index (χ0v) is 14.3. The molecule has 2 N–H and O–H groups in total. The number of nitrogens with one attached hydrogen (secondary N) is 2. The molecule has 138 valence electrons. The zero-order chi connectivity index (χ0) is 18.2. The molecule has 3 heterocycles. The highest BCUT2D eigenvalue weighted by atomic mass is 16.6. The van der Waals surface area contributed by atoms with Crippen molar-refractivity contribution >= 4 is 23.0 Å². The Bertz CT molecular complexity index is 723. The Morgan fingerprint density at radius 2 is 2.08 bits per heavy atom. The maximum Gasteiger partial charge on any atom is 0.353 e. The minimum Gasteiger partial charge on any atom is -0.379 e. The molecule has 2 aromatic rings. The molecule has 26 heavy (non-hydrogen) atoms. The second-order valence-corrected chi connectivity index (χ2v) is 5.78. The summed E-state index contributed by atoms with van der Waals surface area (Å²) >= 11 is 0. The second-order valence-electron chi connectivity index (χ2n) is 5.78. The number of morpholine rings is 1. The number of hydrogen-bond acceptors (Lipinski definition) is 9. The van der Waals surface area contributed by atoms with Crippen LogP contribution in [0, 0.1) is 10.1 Å². The third-order valence-corrected chi connectivity index (χ3v) is 3.98. The number of aromatic nitrogens is 3. The largest absolute Gasteiger partial charge is 0.379 e. The molecule has 0 aromatic carbocycles. The average molecular weight is 359 g/mol. The van der Waals surface area contributed by atoms with Gasteiger partial charge in [-0.15, -0.1) is 0 Å². The molecular weight excluding hydrogens is 338 g/mol. The predicted octanol–water partition coefficient (Wildman–Crippen LogP) is 1.66. The lowest BCUT2D eigenvalue weighted by Crippen LogP contribution is -2.37. The maximum atomic E-state index is 11.5. The van der Waals surface area contributed by atoms with Crippen molar-refractivity contribution in [2.45, 2.75) is 6.42 Å². The van der Waals surface area contributed by atoms with Gasteiger partial charge in [0.15, 0.2) is 0 Å². The van der Waals surface area contributed by atoms with Gasteiger partial charge in [-0.05, 0) is 25.1 Å². The fourth-order valence-electron chi connectivity index (χ4n) is 2.68. The Morgan fingerprint density at radius 1 is 1.27 bits per heavy atom. The molecule has 3 rings (SSSR count). The van der Waals surface area contributed by atoms with Crippen molar-refractivity contribution in [1.82, 2.24) is 19.9 Å². The first-order valence-corrected chi connectivity index (χ1v) is 8.44. The van der Waals surface area contributed by atoms with Crippen molar-refractivity contribution in [2.24, 2.45) is 0 Å². The number of ether oxygens (including phenoxy) is 1. The summed E-state index contributed by atoms with van der Waals surface area (Å²) in [7, 11) is 0. The molecule has 10 heteroatoms. The molecule has 0 radical (unpaired) electrons. The van der Waals surface area contributed by atoms with Gasteiger partial charge in [-0.25, -0.2) is 9.97 Å². The molecular formula is C16H21N7O3. The summed E-state index contributed by atoms with van der Waals surface area (Å²) in [6, 6.07) is 3.49. The van der Waals surface area contributed by atoms with Crippen LogP contribution < -0.4 is 10.6 Å². The molecule has 0 amide bonds. The van der Waals surface area contributed by atoms with Crippen LogP contribution in [0.15, 0.2) is 30.9 Å². The van der Waals surface area contributed by atoms with Crippen LogP contribution in [-0.4, -0.2) is 64.2 Å². The van der Waals surface area contributed by atoms with Gasteiger partial charge >= 0.3 is 5.69 Å². The molecule has 1 fully saturated rings. The zero-order valence-electron chi connectivity index (χ0n) is 14.3. The summed E-state index contributed by atoms with van der Waals surface area (Å²) < 4.78 is 5.32. The van der Waals surface area contributed by atoms with Crippen molar-refractivity contribution in [3.05, 3.63) is 41.0 Å². The predicted molar refractivity (Wildman–Crippen MR) is 96.6 cm³/mol. The third-order valence-electron chi connectivity index (χ3n) is 3.98. The monoisotopic (exact) mass is 359 g/mol. The lowest BCUT2D eigenvalue weighted by Gasteiger charge is -2.26. The van der Waals surface area contributed by atoms with Gasteiger partial charge in [-0.1, -0.05) is 0 Å². The van der Waals surface area contributed by atoms with Crippen molar-refractivity contribution in [3.8, 4) is 0 Å². The molecule has 1 aliphatic heterocycles. The summed E-state index contributed by atoms with van der Waals surface area (Å²) in [5.41, 5.74) is 0.440. The van der Waals surface area contributed by atoms with Gasteiger partial charge in [0, 0.05) is 25.8 Å². The van der Waals surface area contributed by atoms with E-state index in [0.717, 1.165) is 39.3 Å². The Morgan fingerprint density at radius 3 is 2.81 bits per heavy atom. The summed E-state index contributed by atoms with van der Waals surface area (Å²) in [5.74, 6) is 0.340. The van der Waals surface area contributed by atoms with Crippen LogP contribution in [0.4, 0.5) is 23.0 Å². The normalized spacial score (nSPS) is 14.8. The summed E-state index contributed by atoms with van der Waals surface area (Å²) in [4.78, 5) is 25.4. The van der Waals surface area contributed by atoms with E-state index >= 15 is 0 Å². The molecule has 0 aliphatic carbocycles. The minimum absolute atomic E-state index is 0.133. The molecule has 1 aliphatic rings. The quantitative estimate of drug-likeness (QED) is 0.412. The number of hydrogen-bond donors (Lipinski definition) is 2. The van der Waals surface area contributed by atoms with Gasteiger partial charge in [-0.2, -0.15) is 0 Å². The Balaban J connectivity index is 1.62. The van der Waals surface area contributed by atoms with Crippen LogP contribution in [0.25, 0.3) is 0 Å². The summed E-state index contributed by atoms with van der Waals surface area (Å²) in [6.45, 7) is 4.86. The molecule has 0 saturated carbocycles. The van der Waals surface area contributed by atoms with Crippen LogP contribution in [0.2, 0.25) is 0 Å². The van der Waals surface area contributed by atoms with E-state index in [1.165, 1.54) is 6.33 Å². The first-order valence-electron chi connectivity index (χ1n) is 8.44. The number of nitro groups is 1. The van der Waals surface area contributed by atoms with Crippen LogP contribution in [-0.2, 0) is 4.74 Å². The fraction of sp³-hybridized carbons (Fsp3) is 0.438. The molecule has 0 unspecified atom stereocenters. The highest BCUT2D eigenvalue weighted by Crippen LogP contribution is 2.30. The van der Waals surface area contributed by atoms with E-state index in [9.17, 15) is 10.1 Å². The van der Waals surface area contributed by atoms with E-state index in [-0.39, 0.29) is 17.3 Å². The lowest BCUT2D eigenvalue weighted by atomic mass is 10.3. The average Bonchev–Trinajstić information content (AvgIpc) is 2.67. The summed E-state index contributed by atoms with van der Waals surface area (Å²) in [5, 5.41) is 17.5. The Labute approximate surface area is 150 Å². The van der Waals surface area contributed by atoms with E-state index in [0.29, 0.717) is 12.2 Å². The van der Waals surface area contributed by atoms with Gasteiger partial charge in [0.05, 0.1) is 30.0 Å². The third kappa shape index (κ3) is 4.83. The van der Waals surface area contributed by atoms with Gasteiger partial charge in [-0.3, -0.25) is 20.0 Å². The lowest BCUT2D eigenvalue weighted by molar-refractivity contribution is -0.383. The van der Waals surface area contributed by atoms with Crippen LogP contribution in [0.3, 0.4) is 0 Å². The number of anilines is 3. The van der Waals surface area contributed by atoms with Crippen molar-refractivity contribution in [1.29, 1.82) is 0 Å². The topological polar surface area (TPSA) is 118 Å². The van der Waals surface area contributed by atoms with Crippen molar-refractivity contribution in [2.75, 3.05) is 50.0 Å². The van der Waals surface area contributed by atoms with E-state index in [4.69, 9.17) is 4.74 Å². The van der Waals surface area contributed by atoms with E-state index in [1.54, 1.807) is 24.5 Å². The first kappa shape index (κ1) is 18.0. The van der Waals surface area contributed by atoms with Crippen LogP contribution in [0.5, 0.6) is 0 Å². The van der Waals surface area contributed by atoms with E-state index in [2.05, 4.69) is 30.5 Å². The van der Waals surface area contributed by atoms with E-state index in [1.807, 2.05) is 0 Å². The van der Waals surface area contributed by atoms with Gasteiger partial charge < -0.3 is 15.4 Å².